The number of anilines is 1. The Labute approximate surface area is 125 Å². The molecule has 110 valence electrons. The predicted molar refractivity (Wildman–Crippen MR) is 82.3 cm³/mol. The van der Waals surface area contributed by atoms with Crippen LogP contribution < -0.4 is 4.90 Å². The summed E-state index contributed by atoms with van der Waals surface area (Å²) in [4.78, 5) is 27.9. The van der Waals surface area contributed by atoms with Crippen LogP contribution in [0.4, 0.5) is 5.69 Å². The Bertz CT molecular complexity index is 577. The van der Waals surface area contributed by atoms with E-state index in [1.54, 1.807) is 4.90 Å². The Morgan fingerprint density at radius 3 is 2.67 bits per heavy atom. The highest BCUT2D eigenvalue weighted by molar-refractivity contribution is 5.97. The first-order valence-corrected chi connectivity index (χ1v) is 7.58. The molecule has 1 aromatic rings. The van der Waals surface area contributed by atoms with Crippen LogP contribution in [-0.4, -0.2) is 35.8 Å². The first-order valence-electron chi connectivity index (χ1n) is 7.58. The van der Waals surface area contributed by atoms with Crippen LogP contribution in [0.25, 0.3) is 0 Å². The Hall–Kier alpha value is -2.10. The number of nitrogens with zero attached hydrogens (tertiary/aromatic N) is 2. The molecule has 4 heteroatoms. The second kappa shape index (κ2) is 5.72. The van der Waals surface area contributed by atoms with E-state index in [2.05, 4.69) is 13.0 Å². The van der Waals surface area contributed by atoms with Crippen LogP contribution in [0.15, 0.2) is 36.4 Å². The van der Waals surface area contributed by atoms with Crippen LogP contribution >= 0.6 is 0 Å². The zero-order valence-corrected chi connectivity index (χ0v) is 12.3. The van der Waals surface area contributed by atoms with Crippen LogP contribution in [0.2, 0.25) is 0 Å². The largest absolute Gasteiger partial charge is 0.329 e. The molecule has 3 rings (SSSR count). The monoisotopic (exact) mass is 284 g/mol. The van der Waals surface area contributed by atoms with E-state index in [1.807, 2.05) is 35.2 Å². The van der Waals surface area contributed by atoms with Crippen LogP contribution in [0.1, 0.15) is 36.5 Å². The second-order valence-electron chi connectivity index (χ2n) is 5.56. The van der Waals surface area contributed by atoms with E-state index < -0.39 is 0 Å². The van der Waals surface area contributed by atoms with Crippen molar-refractivity contribution >= 4 is 17.5 Å². The molecule has 4 nitrogen and oxygen atoms in total. The summed E-state index contributed by atoms with van der Waals surface area (Å²) in [5.41, 5.74) is 1.58. The fraction of sp³-hybridized carbons (Fsp3) is 0.412. The van der Waals surface area contributed by atoms with Crippen molar-refractivity contribution in [2.45, 2.75) is 32.2 Å². The smallest absolute Gasteiger partial charge is 0.254 e. The zero-order chi connectivity index (χ0) is 14.8. The van der Waals surface area contributed by atoms with Crippen molar-refractivity contribution in [2.24, 2.45) is 0 Å². The zero-order valence-electron chi connectivity index (χ0n) is 12.3. The fourth-order valence-electron chi connectivity index (χ4n) is 3.03. The normalized spacial score (nSPS) is 21.4. The first-order chi connectivity index (χ1) is 10.2. The van der Waals surface area contributed by atoms with Crippen LogP contribution in [0, 0.1) is 0 Å². The second-order valence-corrected chi connectivity index (χ2v) is 5.56. The summed E-state index contributed by atoms with van der Waals surface area (Å²) in [5, 5.41) is 0. The highest BCUT2D eigenvalue weighted by Gasteiger charge is 2.25. The van der Waals surface area contributed by atoms with Crippen molar-refractivity contribution in [3.05, 3.63) is 42.0 Å². The fourth-order valence-corrected chi connectivity index (χ4v) is 3.03. The summed E-state index contributed by atoms with van der Waals surface area (Å²) in [7, 11) is 0. The summed E-state index contributed by atoms with van der Waals surface area (Å²) in [5.74, 6) is 0.231. The van der Waals surface area contributed by atoms with Gasteiger partial charge in [-0.05, 0) is 37.1 Å². The van der Waals surface area contributed by atoms with Crippen molar-refractivity contribution in [1.82, 2.24) is 4.90 Å². The lowest BCUT2D eigenvalue weighted by Crippen LogP contribution is -2.35. The third kappa shape index (κ3) is 2.58. The van der Waals surface area contributed by atoms with Gasteiger partial charge in [-0.2, -0.15) is 0 Å². The van der Waals surface area contributed by atoms with E-state index in [-0.39, 0.29) is 17.9 Å². The van der Waals surface area contributed by atoms with Crippen LogP contribution in [0.3, 0.4) is 0 Å². The molecular weight excluding hydrogens is 264 g/mol. The van der Waals surface area contributed by atoms with Crippen LogP contribution in [0.5, 0.6) is 0 Å². The average molecular weight is 284 g/mol. The minimum atomic E-state index is 0.0612. The van der Waals surface area contributed by atoms with Gasteiger partial charge in [0, 0.05) is 30.8 Å². The van der Waals surface area contributed by atoms with E-state index in [0.717, 1.165) is 25.1 Å². The summed E-state index contributed by atoms with van der Waals surface area (Å²) >= 11 is 0. The van der Waals surface area contributed by atoms with Gasteiger partial charge >= 0.3 is 0 Å². The van der Waals surface area contributed by atoms with Gasteiger partial charge in [-0.3, -0.25) is 9.59 Å². The van der Waals surface area contributed by atoms with Gasteiger partial charge in [-0.25, -0.2) is 0 Å². The van der Waals surface area contributed by atoms with Gasteiger partial charge < -0.3 is 9.80 Å². The van der Waals surface area contributed by atoms with Gasteiger partial charge in [0.2, 0.25) is 5.91 Å². The maximum atomic E-state index is 12.5. The minimum absolute atomic E-state index is 0.0612. The molecular formula is C17H20N2O2. The van der Waals surface area contributed by atoms with Gasteiger partial charge in [0.15, 0.2) is 0 Å². The lowest BCUT2D eigenvalue weighted by atomic mass is 10.1. The maximum absolute atomic E-state index is 12.5. The van der Waals surface area contributed by atoms with Crippen molar-refractivity contribution in [3.8, 4) is 0 Å². The average Bonchev–Trinajstić information content (AvgIpc) is 3.15. The van der Waals surface area contributed by atoms with Gasteiger partial charge in [0.05, 0.1) is 6.04 Å². The number of hydrogen-bond acceptors (Lipinski definition) is 2. The van der Waals surface area contributed by atoms with Crippen molar-refractivity contribution in [3.63, 3.8) is 0 Å². The molecule has 0 aliphatic carbocycles. The third-order valence-corrected chi connectivity index (χ3v) is 4.24. The lowest BCUT2D eigenvalue weighted by Gasteiger charge is -2.24. The molecule has 2 aliphatic heterocycles. The standard InChI is InChI=1S/C17H20N2O2/c1-2-14-5-3-12-19(14)17(21)13-7-9-15(10-8-13)18-11-4-6-16(18)20/h3,5,7-10,14H,2,4,6,11-12H2,1H3/t14-/m0/s1. The molecule has 2 amide bonds. The highest BCUT2D eigenvalue weighted by Crippen LogP contribution is 2.23. The number of benzene rings is 1. The molecule has 0 N–H and O–H groups in total. The molecule has 0 spiro atoms. The maximum Gasteiger partial charge on any atom is 0.254 e. The van der Waals surface area contributed by atoms with Gasteiger partial charge in [-0.15, -0.1) is 0 Å². The van der Waals surface area contributed by atoms with Crippen LogP contribution in [-0.2, 0) is 4.79 Å². The number of carbonyl (C=O) groups excluding carboxylic acids is 2. The van der Waals surface area contributed by atoms with Gasteiger partial charge in [0.25, 0.3) is 5.91 Å². The molecule has 0 bridgehead atoms. The molecule has 0 radical (unpaired) electrons. The molecule has 1 saturated heterocycles. The third-order valence-electron chi connectivity index (χ3n) is 4.24. The van der Waals surface area contributed by atoms with Gasteiger partial charge in [-0.1, -0.05) is 19.1 Å². The van der Waals surface area contributed by atoms with Gasteiger partial charge in [0.1, 0.15) is 0 Å². The minimum Gasteiger partial charge on any atom is -0.329 e. The Balaban J connectivity index is 1.75. The molecule has 1 fully saturated rings. The highest BCUT2D eigenvalue weighted by atomic mass is 16.2. The van der Waals surface area contributed by atoms with E-state index in [1.165, 1.54) is 0 Å². The molecule has 1 aromatic carbocycles. The van der Waals surface area contributed by atoms with E-state index in [0.29, 0.717) is 18.5 Å². The number of carbonyl (C=O) groups is 2. The number of rotatable bonds is 3. The summed E-state index contributed by atoms with van der Waals surface area (Å²) in [6, 6.07) is 7.61. The van der Waals surface area contributed by atoms with E-state index in [4.69, 9.17) is 0 Å². The molecule has 1 atom stereocenters. The molecule has 2 aliphatic rings. The topological polar surface area (TPSA) is 40.6 Å². The SMILES string of the molecule is CC[C@H]1C=CCN1C(=O)c1ccc(N2CCCC2=O)cc1. The molecule has 21 heavy (non-hydrogen) atoms. The Kier molecular flexibility index (Phi) is 3.78. The molecule has 2 heterocycles. The van der Waals surface area contributed by atoms with E-state index in [9.17, 15) is 9.59 Å². The molecule has 0 unspecified atom stereocenters. The quantitative estimate of drug-likeness (QED) is 0.801. The van der Waals surface area contributed by atoms with Crippen molar-refractivity contribution < 1.29 is 9.59 Å². The molecule has 0 saturated carbocycles. The Morgan fingerprint density at radius 1 is 1.29 bits per heavy atom. The van der Waals surface area contributed by atoms with E-state index >= 15 is 0 Å². The predicted octanol–water partition coefficient (Wildman–Crippen LogP) is 2.60. The Morgan fingerprint density at radius 2 is 2.05 bits per heavy atom. The number of amides is 2. The summed E-state index contributed by atoms with van der Waals surface area (Å²) in [6.45, 7) is 3.55. The van der Waals surface area contributed by atoms with Crippen molar-refractivity contribution in [1.29, 1.82) is 0 Å². The lowest BCUT2D eigenvalue weighted by molar-refractivity contribution is -0.117. The van der Waals surface area contributed by atoms with Crippen molar-refractivity contribution in [2.75, 3.05) is 18.0 Å². The number of hydrogen-bond donors (Lipinski definition) is 0. The molecule has 0 aromatic heterocycles. The summed E-state index contributed by atoms with van der Waals surface area (Å²) in [6.07, 6.45) is 6.61. The first kappa shape index (κ1) is 13.9. The summed E-state index contributed by atoms with van der Waals surface area (Å²) < 4.78 is 0.